The molecule has 4 nitrogen and oxygen atoms in total. The van der Waals surface area contributed by atoms with Crippen LogP contribution in [-0.2, 0) is 11.3 Å². The predicted octanol–water partition coefficient (Wildman–Crippen LogP) is 3.78. The van der Waals surface area contributed by atoms with Crippen molar-refractivity contribution >= 4 is 28.9 Å². The van der Waals surface area contributed by atoms with Crippen molar-refractivity contribution < 1.29 is 4.79 Å². The topological polar surface area (TPSA) is 64.9 Å². The SMILES string of the molecule is CC(=O)Nc1cccc(CNc2ccc(Cl)cc2C#N)c1. The van der Waals surface area contributed by atoms with Crippen LogP contribution >= 0.6 is 11.6 Å². The van der Waals surface area contributed by atoms with Gasteiger partial charge in [-0.1, -0.05) is 23.7 Å². The Morgan fingerprint density at radius 1 is 1.29 bits per heavy atom. The second kappa shape index (κ2) is 6.78. The van der Waals surface area contributed by atoms with E-state index in [1.165, 1.54) is 6.92 Å². The number of nitriles is 1. The van der Waals surface area contributed by atoms with E-state index in [0.29, 0.717) is 17.1 Å². The van der Waals surface area contributed by atoms with Crippen molar-refractivity contribution in [3.63, 3.8) is 0 Å². The van der Waals surface area contributed by atoms with Gasteiger partial charge in [-0.15, -0.1) is 0 Å². The van der Waals surface area contributed by atoms with Gasteiger partial charge in [0.25, 0.3) is 0 Å². The second-order valence-corrected chi connectivity index (χ2v) is 4.97. The summed E-state index contributed by atoms with van der Waals surface area (Å²) < 4.78 is 0. The number of nitrogens with one attached hydrogen (secondary N) is 2. The number of hydrogen-bond acceptors (Lipinski definition) is 3. The summed E-state index contributed by atoms with van der Waals surface area (Å²) in [5, 5.41) is 15.6. The van der Waals surface area contributed by atoms with E-state index in [2.05, 4.69) is 16.7 Å². The monoisotopic (exact) mass is 299 g/mol. The fourth-order valence-electron chi connectivity index (χ4n) is 1.92. The van der Waals surface area contributed by atoms with E-state index in [4.69, 9.17) is 16.9 Å². The number of halogens is 1. The van der Waals surface area contributed by atoms with Crippen LogP contribution in [0.1, 0.15) is 18.1 Å². The Kier molecular flexibility index (Phi) is 4.81. The zero-order chi connectivity index (χ0) is 15.2. The number of hydrogen-bond donors (Lipinski definition) is 2. The van der Waals surface area contributed by atoms with Crippen molar-refractivity contribution in [3.05, 3.63) is 58.6 Å². The molecule has 2 N–H and O–H groups in total. The second-order valence-electron chi connectivity index (χ2n) is 4.54. The molecule has 2 aromatic rings. The quantitative estimate of drug-likeness (QED) is 0.903. The Balaban J connectivity index is 2.10. The van der Waals surface area contributed by atoms with Gasteiger partial charge in [-0.25, -0.2) is 0 Å². The molecule has 0 atom stereocenters. The van der Waals surface area contributed by atoms with Crippen molar-refractivity contribution in [3.8, 4) is 6.07 Å². The summed E-state index contributed by atoms with van der Waals surface area (Å²) in [6, 6.07) is 14.8. The number of anilines is 2. The average Bonchev–Trinajstić information content (AvgIpc) is 2.45. The fourth-order valence-corrected chi connectivity index (χ4v) is 2.09. The van der Waals surface area contributed by atoms with E-state index in [1.54, 1.807) is 18.2 Å². The number of carbonyl (C=O) groups is 1. The maximum Gasteiger partial charge on any atom is 0.221 e. The summed E-state index contributed by atoms with van der Waals surface area (Å²) >= 11 is 5.86. The molecule has 5 heteroatoms. The van der Waals surface area contributed by atoms with Crippen LogP contribution in [0.15, 0.2) is 42.5 Å². The van der Waals surface area contributed by atoms with Gasteiger partial charge in [0.2, 0.25) is 5.91 Å². The van der Waals surface area contributed by atoms with Crippen LogP contribution in [0.2, 0.25) is 5.02 Å². The highest BCUT2D eigenvalue weighted by molar-refractivity contribution is 6.30. The Morgan fingerprint density at radius 3 is 2.81 bits per heavy atom. The van der Waals surface area contributed by atoms with E-state index < -0.39 is 0 Å². The van der Waals surface area contributed by atoms with Gasteiger partial charge in [0, 0.05) is 24.2 Å². The van der Waals surface area contributed by atoms with Crippen LogP contribution < -0.4 is 10.6 Å². The van der Waals surface area contributed by atoms with Crippen LogP contribution in [-0.4, -0.2) is 5.91 Å². The molecule has 0 spiro atoms. The first-order chi connectivity index (χ1) is 10.1. The first-order valence-corrected chi connectivity index (χ1v) is 6.76. The molecule has 0 bridgehead atoms. The fraction of sp³-hybridized carbons (Fsp3) is 0.125. The first-order valence-electron chi connectivity index (χ1n) is 6.38. The van der Waals surface area contributed by atoms with E-state index in [-0.39, 0.29) is 5.91 Å². The zero-order valence-electron chi connectivity index (χ0n) is 11.5. The number of carbonyl (C=O) groups excluding carboxylic acids is 1. The molecule has 0 radical (unpaired) electrons. The lowest BCUT2D eigenvalue weighted by atomic mass is 10.1. The van der Waals surface area contributed by atoms with Crippen molar-refractivity contribution in [2.24, 2.45) is 0 Å². The summed E-state index contributed by atoms with van der Waals surface area (Å²) in [6.07, 6.45) is 0. The van der Waals surface area contributed by atoms with Crippen molar-refractivity contribution in [1.29, 1.82) is 5.26 Å². The van der Waals surface area contributed by atoms with Gasteiger partial charge in [-0.2, -0.15) is 5.26 Å². The third kappa shape index (κ3) is 4.23. The molecule has 0 unspecified atom stereocenters. The van der Waals surface area contributed by atoms with Crippen molar-refractivity contribution in [1.82, 2.24) is 0 Å². The average molecular weight is 300 g/mol. The molecule has 1 amide bonds. The minimum absolute atomic E-state index is 0.107. The van der Waals surface area contributed by atoms with Gasteiger partial charge in [-0.05, 0) is 35.9 Å². The highest BCUT2D eigenvalue weighted by Crippen LogP contribution is 2.21. The lowest BCUT2D eigenvalue weighted by molar-refractivity contribution is -0.114. The van der Waals surface area contributed by atoms with Crippen LogP contribution in [0.4, 0.5) is 11.4 Å². The number of benzene rings is 2. The predicted molar refractivity (Wildman–Crippen MR) is 84.2 cm³/mol. The van der Waals surface area contributed by atoms with Crippen LogP contribution in [0.3, 0.4) is 0 Å². The Bertz CT molecular complexity index is 707. The summed E-state index contributed by atoms with van der Waals surface area (Å²) in [5.74, 6) is -0.107. The minimum Gasteiger partial charge on any atom is -0.380 e. The molecule has 0 aliphatic rings. The molecule has 0 saturated heterocycles. The number of amides is 1. The molecule has 0 aliphatic heterocycles. The maximum atomic E-state index is 11.0. The summed E-state index contributed by atoms with van der Waals surface area (Å²) in [7, 11) is 0. The summed E-state index contributed by atoms with van der Waals surface area (Å²) in [4.78, 5) is 11.0. The molecule has 0 aliphatic carbocycles. The molecule has 2 rings (SSSR count). The Morgan fingerprint density at radius 2 is 2.10 bits per heavy atom. The molecule has 0 aromatic heterocycles. The summed E-state index contributed by atoms with van der Waals surface area (Å²) in [5.41, 5.74) is 2.98. The highest BCUT2D eigenvalue weighted by atomic mass is 35.5. The third-order valence-corrected chi connectivity index (χ3v) is 3.07. The van der Waals surface area contributed by atoms with Crippen LogP contribution in [0.5, 0.6) is 0 Å². The largest absolute Gasteiger partial charge is 0.380 e. The van der Waals surface area contributed by atoms with Crippen molar-refractivity contribution in [2.45, 2.75) is 13.5 Å². The zero-order valence-corrected chi connectivity index (χ0v) is 12.2. The Hall–Kier alpha value is -2.51. The van der Waals surface area contributed by atoms with Crippen LogP contribution in [0.25, 0.3) is 0 Å². The minimum atomic E-state index is -0.107. The van der Waals surface area contributed by atoms with Gasteiger partial charge in [0.05, 0.1) is 11.3 Å². The smallest absolute Gasteiger partial charge is 0.221 e. The van der Waals surface area contributed by atoms with Gasteiger partial charge in [-0.3, -0.25) is 4.79 Å². The van der Waals surface area contributed by atoms with Crippen molar-refractivity contribution in [2.75, 3.05) is 10.6 Å². The molecular formula is C16H14ClN3O. The van der Waals surface area contributed by atoms with E-state index in [9.17, 15) is 4.79 Å². The lowest BCUT2D eigenvalue weighted by Crippen LogP contribution is -2.07. The molecule has 21 heavy (non-hydrogen) atoms. The molecule has 0 fully saturated rings. The normalized spacial score (nSPS) is 9.76. The first kappa shape index (κ1) is 14.9. The molecule has 2 aromatic carbocycles. The van der Waals surface area contributed by atoms with Gasteiger partial charge in [0.15, 0.2) is 0 Å². The highest BCUT2D eigenvalue weighted by Gasteiger charge is 2.03. The lowest BCUT2D eigenvalue weighted by Gasteiger charge is -2.10. The number of nitrogens with zero attached hydrogens (tertiary/aromatic N) is 1. The molecular weight excluding hydrogens is 286 g/mol. The van der Waals surface area contributed by atoms with Gasteiger partial charge >= 0.3 is 0 Å². The summed E-state index contributed by atoms with van der Waals surface area (Å²) in [6.45, 7) is 2.02. The molecule has 0 saturated carbocycles. The standard InChI is InChI=1S/C16H14ClN3O/c1-11(21)20-15-4-2-3-12(7-15)10-19-16-6-5-14(17)8-13(16)9-18/h2-8,19H,10H2,1H3,(H,20,21). The Labute approximate surface area is 128 Å². The van der Waals surface area contributed by atoms with Gasteiger partial charge < -0.3 is 10.6 Å². The molecule has 0 heterocycles. The molecule has 106 valence electrons. The maximum absolute atomic E-state index is 11.0. The number of rotatable bonds is 4. The van der Waals surface area contributed by atoms with E-state index in [1.807, 2.05) is 24.3 Å². The third-order valence-electron chi connectivity index (χ3n) is 2.83. The van der Waals surface area contributed by atoms with Crippen LogP contribution in [0, 0.1) is 11.3 Å². The van der Waals surface area contributed by atoms with E-state index in [0.717, 1.165) is 16.9 Å². The van der Waals surface area contributed by atoms with Gasteiger partial charge in [0.1, 0.15) is 6.07 Å². The van der Waals surface area contributed by atoms with E-state index >= 15 is 0 Å².